The fourth-order valence-corrected chi connectivity index (χ4v) is 3.48. The average molecular weight is 398 g/mol. The Hall–Kier alpha value is -3.13. The number of imide groups is 1. The smallest absolute Gasteiger partial charge is 0.337 e. The molecule has 8 heteroatoms. The third-order valence-electron chi connectivity index (χ3n) is 4.16. The predicted octanol–water partition coefficient (Wildman–Crippen LogP) is 2.44. The number of hydrogen-bond acceptors (Lipinski definition) is 6. The Morgan fingerprint density at radius 1 is 1.00 bits per heavy atom. The van der Waals surface area contributed by atoms with Crippen molar-refractivity contribution in [2.24, 2.45) is 0 Å². The van der Waals surface area contributed by atoms with Crippen molar-refractivity contribution in [2.45, 2.75) is 0 Å². The van der Waals surface area contributed by atoms with E-state index in [4.69, 9.17) is 0 Å². The number of amides is 3. The average Bonchev–Trinajstić information content (AvgIpc) is 2.96. The van der Waals surface area contributed by atoms with Gasteiger partial charge in [-0.05, 0) is 36.4 Å². The highest BCUT2D eigenvalue weighted by Gasteiger charge is 2.34. The summed E-state index contributed by atoms with van der Waals surface area (Å²) >= 11 is 1.33. The Labute approximate surface area is 166 Å². The Bertz CT molecular complexity index is 891. The maximum Gasteiger partial charge on any atom is 0.337 e. The molecular weight excluding hydrogens is 380 g/mol. The minimum atomic E-state index is -0.443. The fourth-order valence-electron chi connectivity index (χ4n) is 2.77. The van der Waals surface area contributed by atoms with E-state index < -0.39 is 5.97 Å². The van der Waals surface area contributed by atoms with Crippen molar-refractivity contribution in [3.8, 4) is 0 Å². The molecule has 0 bridgehead atoms. The third kappa shape index (κ3) is 4.23. The van der Waals surface area contributed by atoms with E-state index in [-0.39, 0.29) is 30.0 Å². The van der Waals surface area contributed by atoms with Gasteiger partial charge in [0, 0.05) is 18.0 Å². The first-order chi connectivity index (χ1) is 13.5. The summed E-state index contributed by atoms with van der Waals surface area (Å²) in [7, 11) is 1.30. The molecule has 1 aliphatic rings. The number of nitrogens with one attached hydrogen (secondary N) is 1. The highest BCUT2D eigenvalue weighted by atomic mass is 32.2. The quantitative estimate of drug-likeness (QED) is 0.438. The SMILES string of the molecule is COC(=O)c1ccc(NC(=O)CSCCN2C(=O)c3ccccc3C2=O)cc1. The van der Waals surface area contributed by atoms with Gasteiger partial charge in [0.2, 0.25) is 5.91 Å². The number of thioether (sulfide) groups is 1. The number of benzene rings is 2. The lowest BCUT2D eigenvalue weighted by Gasteiger charge is -2.13. The summed E-state index contributed by atoms with van der Waals surface area (Å²) in [5.74, 6) is -0.602. The van der Waals surface area contributed by atoms with Gasteiger partial charge in [0.15, 0.2) is 0 Å². The van der Waals surface area contributed by atoms with Crippen LogP contribution < -0.4 is 5.32 Å². The Balaban J connectivity index is 1.43. The molecule has 144 valence electrons. The summed E-state index contributed by atoms with van der Waals surface area (Å²) in [6.07, 6.45) is 0. The summed E-state index contributed by atoms with van der Waals surface area (Å²) < 4.78 is 4.62. The number of methoxy groups -OCH3 is 1. The van der Waals surface area contributed by atoms with Crippen LogP contribution in [0.3, 0.4) is 0 Å². The molecule has 0 fully saturated rings. The molecule has 1 aliphatic heterocycles. The topological polar surface area (TPSA) is 92.8 Å². The number of hydrogen-bond donors (Lipinski definition) is 1. The molecule has 7 nitrogen and oxygen atoms in total. The molecule has 0 atom stereocenters. The Morgan fingerprint density at radius 2 is 1.61 bits per heavy atom. The molecular formula is C20H18N2O5S. The van der Waals surface area contributed by atoms with Gasteiger partial charge in [0.1, 0.15) is 0 Å². The van der Waals surface area contributed by atoms with Crippen molar-refractivity contribution in [3.63, 3.8) is 0 Å². The van der Waals surface area contributed by atoms with Crippen LogP contribution in [0.4, 0.5) is 5.69 Å². The zero-order valence-electron chi connectivity index (χ0n) is 15.1. The molecule has 0 aliphatic carbocycles. The highest BCUT2D eigenvalue weighted by Crippen LogP contribution is 2.22. The van der Waals surface area contributed by atoms with Crippen LogP contribution in [0.25, 0.3) is 0 Å². The van der Waals surface area contributed by atoms with Gasteiger partial charge in [-0.25, -0.2) is 4.79 Å². The van der Waals surface area contributed by atoms with Gasteiger partial charge < -0.3 is 10.1 Å². The second-order valence-corrected chi connectivity index (χ2v) is 7.08. The lowest BCUT2D eigenvalue weighted by molar-refractivity contribution is -0.113. The van der Waals surface area contributed by atoms with Crippen LogP contribution in [0.2, 0.25) is 0 Å². The zero-order chi connectivity index (χ0) is 20.1. The van der Waals surface area contributed by atoms with Crippen molar-refractivity contribution in [1.82, 2.24) is 4.90 Å². The number of rotatable bonds is 7. The predicted molar refractivity (Wildman–Crippen MR) is 106 cm³/mol. The molecule has 3 rings (SSSR count). The standard InChI is InChI=1S/C20H18N2O5S/c1-27-20(26)13-6-8-14(9-7-13)21-17(23)12-28-11-10-22-18(24)15-4-2-3-5-16(15)19(22)25/h2-9H,10-12H2,1H3,(H,21,23). The lowest BCUT2D eigenvalue weighted by atomic mass is 10.1. The zero-order valence-corrected chi connectivity index (χ0v) is 16.0. The Morgan fingerprint density at radius 3 is 2.18 bits per heavy atom. The number of nitrogens with zero attached hydrogens (tertiary/aromatic N) is 1. The van der Waals surface area contributed by atoms with E-state index in [2.05, 4.69) is 10.1 Å². The van der Waals surface area contributed by atoms with Crippen molar-refractivity contribution in [3.05, 3.63) is 65.2 Å². The molecule has 0 spiro atoms. The van der Waals surface area contributed by atoms with Crippen molar-refractivity contribution >= 4 is 41.1 Å². The molecule has 0 unspecified atom stereocenters. The van der Waals surface area contributed by atoms with Gasteiger partial charge in [-0.2, -0.15) is 11.8 Å². The van der Waals surface area contributed by atoms with Crippen LogP contribution in [0, 0.1) is 0 Å². The van der Waals surface area contributed by atoms with E-state index in [1.807, 2.05) is 0 Å². The van der Waals surface area contributed by atoms with Crippen LogP contribution >= 0.6 is 11.8 Å². The summed E-state index contributed by atoms with van der Waals surface area (Å²) in [6, 6.07) is 13.1. The molecule has 0 saturated carbocycles. The first-order valence-corrected chi connectivity index (χ1v) is 9.68. The van der Waals surface area contributed by atoms with Gasteiger partial charge in [0.05, 0.1) is 29.6 Å². The maximum atomic E-state index is 12.3. The molecule has 1 heterocycles. The van der Waals surface area contributed by atoms with Crippen molar-refractivity contribution in [1.29, 1.82) is 0 Å². The summed E-state index contributed by atoms with van der Waals surface area (Å²) in [5.41, 5.74) is 1.81. The number of esters is 1. The number of fused-ring (bicyclic) bond motifs is 1. The van der Waals surface area contributed by atoms with Crippen LogP contribution in [0.15, 0.2) is 48.5 Å². The van der Waals surface area contributed by atoms with E-state index in [0.717, 1.165) is 0 Å². The molecule has 0 saturated heterocycles. The second kappa shape index (κ2) is 8.71. The van der Waals surface area contributed by atoms with Gasteiger partial charge in [-0.1, -0.05) is 12.1 Å². The second-order valence-electron chi connectivity index (χ2n) is 5.98. The normalized spacial score (nSPS) is 12.7. The van der Waals surface area contributed by atoms with Gasteiger partial charge >= 0.3 is 5.97 Å². The van der Waals surface area contributed by atoms with Crippen LogP contribution in [-0.4, -0.2) is 53.8 Å². The molecule has 0 aromatic heterocycles. The van der Waals surface area contributed by atoms with Crippen molar-refractivity contribution in [2.75, 3.05) is 30.5 Å². The van der Waals surface area contributed by atoms with E-state index in [0.29, 0.717) is 28.1 Å². The van der Waals surface area contributed by atoms with Crippen LogP contribution in [-0.2, 0) is 9.53 Å². The summed E-state index contributed by atoms with van der Waals surface area (Å²) in [6.45, 7) is 0.248. The highest BCUT2D eigenvalue weighted by molar-refractivity contribution is 7.99. The molecule has 2 aromatic carbocycles. The van der Waals surface area contributed by atoms with Gasteiger partial charge in [-0.15, -0.1) is 0 Å². The molecule has 2 aromatic rings. The van der Waals surface area contributed by atoms with Gasteiger partial charge in [-0.3, -0.25) is 19.3 Å². The molecule has 28 heavy (non-hydrogen) atoms. The third-order valence-corrected chi connectivity index (χ3v) is 5.10. The molecule has 3 amide bonds. The summed E-state index contributed by atoms with van der Waals surface area (Å²) in [4.78, 5) is 49.1. The Kier molecular flexibility index (Phi) is 6.10. The number of ether oxygens (including phenoxy) is 1. The minimum absolute atomic E-state index is 0.182. The number of carbonyl (C=O) groups is 4. The fraction of sp³-hybridized carbons (Fsp3) is 0.200. The molecule has 0 radical (unpaired) electrons. The largest absolute Gasteiger partial charge is 0.465 e. The first-order valence-electron chi connectivity index (χ1n) is 8.52. The van der Waals surface area contributed by atoms with E-state index >= 15 is 0 Å². The number of carbonyl (C=O) groups excluding carboxylic acids is 4. The van der Waals surface area contributed by atoms with E-state index in [1.165, 1.54) is 23.8 Å². The van der Waals surface area contributed by atoms with E-state index in [1.54, 1.807) is 48.5 Å². The summed E-state index contributed by atoms with van der Waals surface area (Å²) in [5, 5.41) is 2.73. The van der Waals surface area contributed by atoms with E-state index in [9.17, 15) is 19.2 Å². The number of anilines is 1. The first kappa shape index (κ1) is 19.6. The van der Waals surface area contributed by atoms with Crippen molar-refractivity contribution < 1.29 is 23.9 Å². The maximum absolute atomic E-state index is 12.3. The van der Waals surface area contributed by atoms with Crippen LogP contribution in [0.5, 0.6) is 0 Å². The minimum Gasteiger partial charge on any atom is -0.465 e. The van der Waals surface area contributed by atoms with Crippen LogP contribution in [0.1, 0.15) is 31.1 Å². The van der Waals surface area contributed by atoms with Gasteiger partial charge in [0.25, 0.3) is 11.8 Å². The monoisotopic (exact) mass is 398 g/mol. The lowest BCUT2D eigenvalue weighted by Crippen LogP contribution is -2.32. The molecule has 1 N–H and O–H groups in total.